The molecule has 0 amide bonds. The van der Waals surface area contributed by atoms with E-state index in [1.165, 1.54) is 23.9 Å². The SMILES string of the molecule is CN[C@H]1CC[C@@H](n2ncc(-c3cc(Sc4ccc(F)cc4N)c4c(C#N)cnn4c3)c2C)CC1. The number of fused-ring (bicyclic) bond motifs is 1. The molecule has 1 saturated carbocycles. The third-order valence-electron chi connectivity index (χ3n) is 6.70. The van der Waals surface area contributed by atoms with Crippen molar-refractivity contribution in [3.63, 3.8) is 0 Å². The van der Waals surface area contributed by atoms with Crippen LogP contribution in [0.15, 0.2) is 52.6 Å². The van der Waals surface area contributed by atoms with E-state index in [1.54, 1.807) is 16.8 Å². The topological polar surface area (TPSA) is 97.0 Å². The van der Waals surface area contributed by atoms with Gasteiger partial charge in [0.1, 0.15) is 11.9 Å². The molecule has 0 saturated heterocycles. The molecule has 1 aliphatic carbocycles. The van der Waals surface area contributed by atoms with Crippen molar-refractivity contribution in [2.24, 2.45) is 0 Å². The first kappa shape index (κ1) is 22.4. The Kier molecular flexibility index (Phi) is 6.02. The Morgan fingerprint density at radius 2 is 1.94 bits per heavy atom. The summed E-state index contributed by atoms with van der Waals surface area (Å²) in [4.78, 5) is 1.55. The molecule has 34 heavy (non-hydrogen) atoms. The van der Waals surface area contributed by atoms with Gasteiger partial charge in [-0.2, -0.15) is 15.5 Å². The lowest BCUT2D eigenvalue weighted by Crippen LogP contribution is -2.31. The van der Waals surface area contributed by atoms with Crippen molar-refractivity contribution >= 4 is 23.0 Å². The van der Waals surface area contributed by atoms with Crippen molar-refractivity contribution in [2.45, 2.75) is 54.5 Å². The van der Waals surface area contributed by atoms with Crippen LogP contribution in [-0.2, 0) is 0 Å². The zero-order valence-electron chi connectivity index (χ0n) is 19.1. The number of aromatic nitrogens is 4. The Morgan fingerprint density at radius 3 is 2.65 bits per heavy atom. The van der Waals surface area contributed by atoms with Gasteiger partial charge < -0.3 is 11.1 Å². The maximum absolute atomic E-state index is 13.6. The van der Waals surface area contributed by atoms with Crippen LogP contribution < -0.4 is 11.1 Å². The number of pyridine rings is 1. The molecular weight excluding hydrogens is 449 g/mol. The molecule has 0 unspecified atom stereocenters. The zero-order valence-corrected chi connectivity index (χ0v) is 19.9. The van der Waals surface area contributed by atoms with Gasteiger partial charge in [0.15, 0.2) is 0 Å². The second-order valence-electron chi connectivity index (χ2n) is 8.72. The van der Waals surface area contributed by atoms with E-state index < -0.39 is 0 Å². The Morgan fingerprint density at radius 1 is 1.15 bits per heavy atom. The average molecular weight is 476 g/mol. The number of benzene rings is 1. The van der Waals surface area contributed by atoms with Crippen LogP contribution in [0.2, 0.25) is 0 Å². The number of hydrogen-bond donors (Lipinski definition) is 2. The van der Waals surface area contributed by atoms with E-state index in [1.807, 2.05) is 25.5 Å². The molecular formula is C25H26FN7S. The number of nitrogens with one attached hydrogen (secondary N) is 1. The first-order valence-electron chi connectivity index (χ1n) is 11.3. The largest absolute Gasteiger partial charge is 0.398 e. The molecule has 4 aromatic rings. The number of anilines is 1. The molecule has 0 atom stereocenters. The van der Waals surface area contributed by atoms with Gasteiger partial charge in [-0.15, -0.1) is 0 Å². The minimum atomic E-state index is -0.380. The molecule has 1 aromatic carbocycles. The molecule has 174 valence electrons. The van der Waals surface area contributed by atoms with Crippen LogP contribution in [0.4, 0.5) is 10.1 Å². The minimum absolute atomic E-state index is 0.354. The van der Waals surface area contributed by atoms with E-state index >= 15 is 0 Å². The molecule has 0 bridgehead atoms. The second-order valence-corrected chi connectivity index (χ2v) is 9.81. The second kappa shape index (κ2) is 9.12. The molecule has 0 spiro atoms. The Balaban J connectivity index is 1.55. The fraction of sp³-hybridized carbons (Fsp3) is 0.320. The van der Waals surface area contributed by atoms with Gasteiger partial charge in [-0.05, 0) is 63.9 Å². The van der Waals surface area contributed by atoms with Crippen molar-refractivity contribution in [2.75, 3.05) is 12.8 Å². The van der Waals surface area contributed by atoms with Crippen molar-refractivity contribution in [3.05, 3.63) is 59.9 Å². The number of halogens is 1. The van der Waals surface area contributed by atoms with Gasteiger partial charge in [0.05, 0.1) is 29.5 Å². The molecule has 7 nitrogen and oxygen atoms in total. The maximum Gasteiger partial charge on any atom is 0.125 e. The van der Waals surface area contributed by atoms with E-state index in [-0.39, 0.29) is 5.82 Å². The Labute approximate surface area is 201 Å². The van der Waals surface area contributed by atoms with Crippen molar-refractivity contribution in [1.82, 2.24) is 24.7 Å². The fourth-order valence-electron chi connectivity index (χ4n) is 4.81. The predicted octanol–water partition coefficient (Wildman–Crippen LogP) is 4.95. The molecule has 1 aliphatic rings. The third kappa shape index (κ3) is 4.04. The number of nitrogen functional groups attached to an aromatic ring is 1. The minimum Gasteiger partial charge on any atom is -0.398 e. The highest BCUT2D eigenvalue weighted by Gasteiger charge is 2.24. The van der Waals surface area contributed by atoms with Crippen LogP contribution in [0.3, 0.4) is 0 Å². The van der Waals surface area contributed by atoms with E-state index in [0.29, 0.717) is 28.9 Å². The van der Waals surface area contributed by atoms with E-state index in [4.69, 9.17) is 10.8 Å². The zero-order chi connectivity index (χ0) is 23.8. The summed E-state index contributed by atoms with van der Waals surface area (Å²) in [5, 5.41) is 22.2. The average Bonchev–Trinajstić information content (AvgIpc) is 3.44. The number of rotatable bonds is 5. The molecule has 3 aromatic heterocycles. The summed E-state index contributed by atoms with van der Waals surface area (Å²) in [5.74, 6) is -0.380. The standard InChI is InChI=1S/C25H26FN7S/c1-15-21(13-31-33(15)20-6-4-19(29-2)5-7-20)16-9-24(25-17(11-27)12-30-32(25)14-16)34-23-8-3-18(26)10-22(23)28/h3,8-10,12-14,19-20,29H,4-7,28H2,1-2H3/t19-,20+. The number of nitrogens with two attached hydrogens (primary N) is 1. The highest BCUT2D eigenvalue weighted by molar-refractivity contribution is 7.99. The predicted molar refractivity (Wildman–Crippen MR) is 131 cm³/mol. The summed E-state index contributed by atoms with van der Waals surface area (Å²) < 4.78 is 17.5. The van der Waals surface area contributed by atoms with E-state index in [9.17, 15) is 9.65 Å². The van der Waals surface area contributed by atoms with Gasteiger partial charge in [-0.3, -0.25) is 4.68 Å². The first-order chi connectivity index (χ1) is 16.5. The summed E-state index contributed by atoms with van der Waals surface area (Å²) in [7, 11) is 2.03. The summed E-state index contributed by atoms with van der Waals surface area (Å²) in [5.41, 5.74) is 10.7. The molecule has 5 rings (SSSR count). The fourth-order valence-corrected chi connectivity index (χ4v) is 5.84. The molecule has 0 radical (unpaired) electrons. The van der Waals surface area contributed by atoms with Crippen LogP contribution in [0.5, 0.6) is 0 Å². The third-order valence-corrected chi connectivity index (χ3v) is 7.82. The normalized spacial score (nSPS) is 18.3. The monoisotopic (exact) mass is 475 g/mol. The summed E-state index contributed by atoms with van der Waals surface area (Å²) in [6.07, 6.45) is 9.90. The lowest BCUT2D eigenvalue weighted by Gasteiger charge is -2.29. The summed E-state index contributed by atoms with van der Waals surface area (Å²) >= 11 is 1.40. The quantitative estimate of drug-likeness (QED) is 0.396. The van der Waals surface area contributed by atoms with Crippen LogP contribution in [-0.4, -0.2) is 32.5 Å². The van der Waals surface area contributed by atoms with Gasteiger partial charge in [0.2, 0.25) is 0 Å². The van der Waals surface area contributed by atoms with Gasteiger partial charge in [-0.25, -0.2) is 8.91 Å². The van der Waals surface area contributed by atoms with Crippen LogP contribution in [0.1, 0.15) is 43.0 Å². The van der Waals surface area contributed by atoms with Gasteiger partial charge in [-0.1, -0.05) is 11.8 Å². The smallest absolute Gasteiger partial charge is 0.125 e. The van der Waals surface area contributed by atoms with Crippen molar-refractivity contribution in [1.29, 1.82) is 5.26 Å². The number of nitriles is 1. The van der Waals surface area contributed by atoms with Gasteiger partial charge in [0.25, 0.3) is 0 Å². The Bertz CT molecular complexity index is 1390. The maximum atomic E-state index is 13.6. The van der Waals surface area contributed by atoms with Gasteiger partial charge >= 0.3 is 0 Å². The van der Waals surface area contributed by atoms with Crippen molar-refractivity contribution in [3.8, 4) is 17.2 Å². The summed E-state index contributed by atoms with van der Waals surface area (Å²) in [6.45, 7) is 2.10. The Hall–Kier alpha value is -3.35. The van der Waals surface area contributed by atoms with Gasteiger partial charge in [0, 0.05) is 44.5 Å². The highest BCUT2D eigenvalue weighted by Crippen LogP contribution is 2.39. The molecule has 9 heteroatoms. The van der Waals surface area contributed by atoms with Crippen LogP contribution >= 0.6 is 11.8 Å². The number of hydrogen-bond acceptors (Lipinski definition) is 6. The lowest BCUT2D eigenvalue weighted by atomic mass is 9.91. The van der Waals surface area contributed by atoms with Crippen LogP contribution in [0.25, 0.3) is 16.6 Å². The molecule has 1 fully saturated rings. The summed E-state index contributed by atoms with van der Waals surface area (Å²) in [6, 6.07) is 9.59. The highest BCUT2D eigenvalue weighted by atomic mass is 32.2. The van der Waals surface area contributed by atoms with Crippen LogP contribution in [0, 0.1) is 24.1 Å². The molecule has 3 heterocycles. The van der Waals surface area contributed by atoms with E-state index in [2.05, 4.69) is 28.1 Å². The molecule has 0 aliphatic heterocycles. The van der Waals surface area contributed by atoms with Crippen molar-refractivity contribution < 1.29 is 4.39 Å². The first-order valence-corrected chi connectivity index (χ1v) is 12.2. The van der Waals surface area contributed by atoms with E-state index in [0.717, 1.165) is 52.3 Å². The number of nitrogens with zero attached hydrogens (tertiary/aromatic N) is 5. The lowest BCUT2D eigenvalue weighted by molar-refractivity contribution is 0.281. The molecule has 3 N–H and O–H groups in total.